The molecule has 1 aliphatic carbocycles. The first-order valence-electron chi connectivity index (χ1n) is 7.91. The third-order valence-electron chi connectivity index (χ3n) is 4.16. The highest BCUT2D eigenvalue weighted by atomic mass is 32.2. The van der Waals surface area contributed by atoms with Gasteiger partial charge >= 0.3 is 0 Å². The summed E-state index contributed by atoms with van der Waals surface area (Å²) in [7, 11) is 0. The smallest absolute Gasteiger partial charge is 0.243 e. The molecule has 1 N–H and O–H groups in total. The van der Waals surface area contributed by atoms with Gasteiger partial charge in [0.15, 0.2) is 0 Å². The summed E-state index contributed by atoms with van der Waals surface area (Å²) in [5.41, 5.74) is 0. The quantitative estimate of drug-likeness (QED) is 0.831. The molecule has 0 radical (unpaired) electrons. The van der Waals surface area contributed by atoms with Gasteiger partial charge in [0.05, 0.1) is 5.88 Å². The molecule has 1 aromatic rings. The van der Waals surface area contributed by atoms with Crippen LogP contribution in [-0.2, 0) is 16.0 Å². The molecule has 1 atom stereocenters. The van der Waals surface area contributed by atoms with Crippen LogP contribution >= 0.6 is 23.1 Å². The number of thiophene rings is 1. The van der Waals surface area contributed by atoms with Crippen molar-refractivity contribution in [1.29, 1.82) is 0 Å². The molecule has 4 nitrogen and oxygen atoms in total. The standard InChI is InChI=1S/C16H22N2O2S2/c19-15(5-1-3-13-4-2-8-22-13)18-11-21-10-14(18)16(20)17-9-12-6-7-12/h2,4,8,12,14H,1,3,5-7,9-11H2,(H,17,20). The molecule has 1 saturated carbocycles. The van der Waals surface area contributed by atoms with Crippen LogP contribution in [0.15, 0.2) is 17.5 Å². The van der Waals surface area contributed by atoms with Crippen molar-refractivity contribution >= 4 is 34.9 Å². The van der Waals surface area contributed by atoms with Gasteiger partial charge in [-0.05, 0) is 43.0 Å². The number of nitrogens with one attached hydrogen (secondary N) is 1. The minimum absolute atomic E-state index is 0.0310. The summed E-state index contributed by atoms with van der Waals surface area (Å²) < 4.78 is 0. The van der Waals surface area contributed by atoms with E-state index in [4.69, 9.17) is 0 Å². The highest BCUT2D eigenvalue weighted by molar-refractivity contribution is 7.99. The summed E-state index contributed by atoms with van der Waals surface area (Å²) >= 11 is 3.41. The Morgan fingerprint density at radius 3 is 2.95 bits per heavy atom. The van der Waals surface area contributed by atoms with Gasteiger partial charge in [0, 0.05) is 23.6 Å². The Morgan fingerprint density at radius 1 is 1.36 bits per heavy atom. The second-order valence-corrected chi connectivity index (χ2v) is 8.03. The lowest BCUT2D eigenvalue weighted by molar-refractivity contribution is -0.138. The maximum Gasteiger partial charge on any atom is 0.243 e. The molecule has 1 unspecified atom stereocenters. The zero-order valence-corrected chi connectivity index (χ0v) is 14.3. The molecular weight excluding hydrogens is 316 g/mol. The number of hydrogen-bond acceptors (Lipinski definition) is 4. The number of carbonyl (C=O) groups is 2. The van der Waals surface area contributed by atoms with E-state index in [-0.39, 0.29) is 17.9 Å². The molecule has 2 heterocycles. The van der Waals surface area contributed by atoms with Gasteiger partial charge in [-0.1, -0.05) is 6.07 Å². The first-order valence-corrected chi connectivity index (χ1v) is 9.95. The maximum absolute atomic E-state index is 12.4. The second-order valence-electron chi connectivity index (χ2n) is 6.00. The minimum Gasteiger partial charge on any atom is -0.354 e. The van der Waals surface area contributed by atoms with Crippen molar-refractivity contribution in [2.45, 2.75) is 38.1 Å². The number of hydrogen-bond donors (Lipinski definition) is 1. The third-order valence-corrected chi connectivity index (χ3v) is 6.11. The lowest BCUT2D eigenvalue weighted by Gasteiger charge is -2.23. The van der Waals surface area contributed by atoms with Crippen LogP contribution in [0.4, 0.5) is 0 Å². The van der Waals surface area contributed by atoms with Gasteiger partial charge in [-0.15, -0.1) is 23.1 Å². The average molecular weight is 338 g/mol. The molecular formula is C16H22N2O2S2. The highest BCUT2D eigenvalue weighted by Crippen LogP contribution is 2.28. The fourth-order valence-corrected chi connectivity index (χ4v) is 4.53. The van der Waals surface area contributed by atoms with Crippen LogP contribution in [0.25, 0.3) is 0 Å². The molecule has 6 heteroatoms. The Morgan fingerprint density at radius 2 is 2.23 bits per heavy atom. The van der Waals surface area contributed by atoms with Gasteiger partial charge in [-0.3, -0.25) is 9.59 Å². The van der Waals surface area contributed by atoms with E-state index in [1.807, 2.05) is 6.07 Å². The topological polar surface area (TPSA) is 49.4 Å². The lowest BCUT2D eigenvalue weighted by atomic mass is 10.2. The fraction of sp³-hybridized carbons (Fsp3) is 0.625. The molecule has 2 aliphatic rings. The van der Waals surface area contributed by atoms with Crippen LogP contribution in [0.1, 0.15) is 30.6 Å². The Labute approximate surface area is 139 Å². The van der Waals surface area contributed by atoms with Crippen LogP contribution in [0.3, 0.4) is 0 Å². The van der Waals surface area contributed by atoms with Gasteiger partial charge in [-0.25, -0.2) is 0 Å². The number of nitrogens with zero attached hydrogens (tertiary/aromatic N) is 1. The maximum atomic E-state index is 12.4. The monoisotopic (exact) mass is 338 g/mol. The molecule has 22 heavy (non-hydrogen) atoms. The second kappa shape index (κ2) is 7.51. The van der Waals surface area contributed by atoms with Crippen LogP contribution < -0.4 is 5.32 Å². The minimum atomic E-state index is -0.266. The summed E-state index contributed by atoms with van der Waals surface area (Å²) in [5.74, 6) is 2.21. The Balaban J connectivity index is 1.44. The molecule has 2 fully saturated rings. The summed E-state index contributed by atoms with van der Waals surface area (Å²) in [6, 6.07) is 3.88. The van der Waals surface area contributed by atoms with Gasteiger partial charge < -0.3 is 10.2 Å². The number of thioether (sulfide) groups is 1. The average Bonchev–Trinajstić information content (AvgIpc) is 3.01. The van der Waals surface area contributed by atoms with Crippen LogP contribution in [0, 0.1) is 5.92 Å². The lowest BCUT2D eigenvalue weighted by Crippen LogP contribution is -2.47. The SMILES string of the molecule is O=C(NCC1CC1)C1CSCN1C(=O)CCCc1cccs1. The van der Waals surface area contributed by atoms with Crippen LogP contribution in [-0.4, -0.2) is 40.9 Å². The Bertz CT molecular complexity index is 514. The first-order chi connectivity index (χ1) is 10.7. The summed E-state index contributed by atoms with van der Waals surface area (Å²) in [5, 5.41) is 5.07. The summed E-state index contributed by atoms with van der Waals surface area (Å²) in [6.07, 6.45) is 4.79. The van der Waals surface area contributed by atoms with E-state index in [1.165, 1.54) is 17.7 Å². The van der Waals surface area contributed by atoms with Crippen molar-refractivity contribution in [2.75, 3.05) is 18.2 Å². The molecule has 1 aromatic heterocycles. The normalized spacial score (nSPS) is 21.1. The molecule has 120 valence electrons. The van der Waals surface area contributed by atoms with Crippen molar-refractivity contribution < 1.29 is 9.59 Å². The fourth-order valence-electron chi connectivity index (χ4n) is 2.60. The van der Waals surface area contributed by atoms with Gasteiger partial charge in [-0.2, -0.15) is 0 Å². The Kier molecular flexibility index (Phi) is 5.41. The molecule has 0 bridgehead atoms. The molecule has 1 saturated heterocycles. The van der Waals surface area contributed by atoms with Crippen LogP contribution in [0.2, 0.25) is 0 Å². The van der Waals surface area contributed by atoms with E-state index < -0.39 is 0 Å². The summed E-state index contributed by atoms with van der Waals surface area (Å²) in [4.78, 5) is 27.7. The van der Waals surface area contributed by atoms with E-state index in [0.717, 1.165) is 25.1 Å². The first kappa shape index (κ1) is 15.9. The zero-order valence-electron chi connectivity index (χ0n) is 12.6. The number of aryl methyl sites for hydroxylation is 1. The van der Waals surface area contributed by atoms with E-state index in [0.29, 0.717) is 18.2 Å². The van der Waals surface area contributed by atoms with Crippen molar-refractivity contribution in [2.24, 2.45) is 5.92 Å². The van der Waals surface area contributed by atoms with Crippen LogP contribution in [0.5, 0.6) is 0 Å². The van der Waals surface area contributed by atoms with Crippen molar-refractivity contribution in [3.05, 3.63) is 22.4 Å². The largest absolute Gasteiger partial charge is 0.354 e. The van der Waals surface area contributed by atoms with Crippen molar-refractivity contribution in [3.8, 4) is 0 Å². The van der Waals surface area contributed by atoms with E-state index in [1.54, 1.807) is 28.0 Å². The Hall–Kier alpha value is -1.01. The van der Waals surface area contributed by atoms with Gasteiger partial charge in [0.2, 0.25) is 11.8 Å². The molecule has 3 rings (SSSR count). The highest BCUT2D eigenvalue weighted by Gasteiger charge is 2.34. The van der Waals surface area contributed by atoms with Crippen molar-refractivity contribution in [3.63, 3.8) is 0 Å². The van der Waals surface area contributed by atoms with Crippen molar-refractivity contribution in [1.82, 2.24) is 10.2 Å². The molecule has 2 amide bonds. The van der Waals surface area contributed by atoms with Gasteiger partial charge in [0.1, 0.15) is 6.04 Å². The number of rotatable bonds is 7. The van der Waals surface area contributed by atoms with E-state index in [9.17, 15) is 9.59 Å². The molecule has 0 aromatic carbocycles. The number of amides is 2. The number of carbonyl (C=O) groups excluding carboxylic acids is 2. The predicted octanol–water partition coefficient (Wildman–Crippen LogP) is 2.50. The third kappa shape index (κ3) is 4.26. The van der Waals surface area contributed by atoms with E-state index in [2.05, 4.69) is 16.8 Å². The predicted molar refractivity (Wildman–Crippen MR) is 90.9 cm³/mol. The summed E-state index contributed by atoms with van der Waals surface area (Å²) in [6.45, 7) is 0.778. The zero-order chi connectivity index (χ0) is 15.4. The van der Waals surface area contributed by atoms with Gasteiger partial charge in [0.25, 0.3) is 0 Å². The molecule has 0 spiro atoms. The molecule has 1 aliphatic heterocycles. The van der Waals surface area contributed by atoms with E-state index >= 15 is 0 Å².